The number of thiophene rings is 1. The second kappa shape index (κ2) is 8.88. The van der Waals surface area contributed by atoms with Gasteiger partial charge in [-0.15, -0.1) is 11.3 Å². The van der Waals surface area contributed by atoms with Crippen LogP contribution in [0.15, 0.2) is 35.7 Å². The van der Waals surface area contributed by atoms with Crippen LogP contribution in [0.3, 0.4) is 0 Å². The molecule has 0 spiro atoms. The molecule has 150 valence electrons. The SMILES string of the molecule is COCC(=O)N(CC(=O)N1CCc2sccc2[C@H]1c1ccccc1C)C(C)C. The van der Waals surface area contributed by atoms with Crippen molar-refractivity contribution in [3.63, 3.8) is 0 Å². The van der Waals surface area contributed by atoms with Crippen LogP contribution < -0.4 is 0 Å². The minimum atomic E-state index is -0.161. The normalized spacial score (nSPS) is 16.2. The number of rotatable bonds is 6. The van der Waals surface area contributed by atoms with Crippen molar-refractivity contribution in [2.24, 2.45) is 0 Å². The van der Waals surface area contributed by atoms with Gasteiger partial charge in [-0.2, -0.15) is 0 Å². The van der Waals surface area contributed by atoms with E-state index < -0.39 is 0 Å². The summed E-state index contributed by atoms with van der Waals surface area (Å²) in [6.45, 7) is 6.65. The van der Waals surface area contributed by atoms with E-state index in [2.05, 4.69) is 30.5 Å². The molecular formula is C22H28N2O3S. The molecule has 0 N–H and O–H groups in total. The van der Waals surface area contributed by atoms with Crippen LogP contribution in [0.1, 0.15) is 41.5 Å². The molecule has 0 radical (unpaired) electrons. The fourth-order valence-corrected chi connectivity index (χ4v) is 4.72. The van der Waals surface area contributed by atoms with Gasteiger partial charge in [-0.05, 0) is 55.3 Å². The van der Waals surface area contributed by atoms with Gasteiger partial charge in [0, 0.05) is 24.6 Å². The van der Waals surface area contributed by atoms with Crippen molar-refractivity contribution in [1.82, 2.24) is 9.80 Å². The first-order valence-corrected chi connectivity index (χ1v) is 10.5. The summed E-state index contributed by atoms with van der Waals surface area (Å²) in [6, 6.07) is 10.2. The van der Waals surface area contributed by atoms with Gasteiger partial charge in [0.05, 0.1) is 6.04 Å². The lowest BCUT2D eigenvalue weighted by molar-refractivity contribution is -0.145. The second-order valence-electron chi connectivity index (χ2n) is 7.44. The monoisotopic (exact) mass is 400 g/mol. The summed E-state index contributed by atoms with van der Waals surface area (Å²) in [6.07, 6.45) is 0.856. The molecule has 1 aromatic heterocycles. The van der Waals surface area contributed by atoms with Crippen LogP contribution in [0.4, 0.5) is 0 Å². The highest BCUT2D eigenvalue weighted by Gasteiger charge is 2.34. The molecule has 0 saturated carbocycles. The van der Waals surface area contributed by atoms with Crippen LogP contribution in [-0.2, 0) is 20.7 Å². The molecule has 1 atom stereocenters. The number of amides is 2. The van der Waals surface area contributed by atoms with Crippen molar-refractivity contribution in [3.8, 4) is 0 Å². The maximum atomic E-state index is 13.3. The predicted molar refractivity (Wildman–Crippen MR) is 111 cm³/mol. The van der Waals surface area contributed by atoms with Crippen molar-refractivity contribution in [3.05, 3.63) is 57.3 Å². The van der Waals surface area contributed by atoms with E-state index in [1.807, 2.05) is 30.9 Å². The number of hydrogen-bond donors (Lipinski definition) is 0. The Morgan fingerprint density at radius 2 is 2.00 bits per heavy atom. The summed E-state index contributed by atoms with van der Waals surface area (Å²) in [5.74, 6) is -0.185. The molecule has 1 aliphatic rings. The Labute approximate surface area is 170 Å². The summed E-state index contributed by atoms with van der Waals surface area (Å²) >= 11 is 1.75. The van der Waals surface area contributed by atoms with E-state index >= 15 is 0 Å². The molecule has 2 amide bonds. The van der Waals surface area contributed by atoms with Crippen LogP contribution in [0.25, 0.3) is 0 Å². The topological polar surface area (TPSA) is 49.9 Å². The Bertz CT molecular complexity index is 846. The van der Waals surface area contributed by atoms with E-state index in [1.165, 1.54) is 23.1 Å². The smallest absolute Gasteiger partial charge is 0.249 e. The Morgan fingerprint density at radius 3 is 2.68 bits per heavy atom. The van der Waals surface area contributed by atoms with Crippen molar-refractivity contribution in [2.75, 3.05) is 26.8 Å². The number of carbonyl (C=O) groups excluding carboxylic acids is 2. The summed E-state index contributed by atoms with van der Waals surface area (Å²) in [4.78, 5) is 30.6. The minimum absolute atomic E-state index is 0.0125. The van der Waals surface area contributed by atoms with Gasteiger partial charge >= 0.3 is 0 Å². The lowest BCUT2D eigenvalue weighted by Gasteiger charge is -2.38. The standard InChI is InChI=1S/C22H28N2O3S/c1-15(2)24(21(26)14-27-4)13-20(25)23-11-9-19-18(10-12-28-19)22(23)17-8-6-5-7-16(17)3/h5-8,10,12,15,22H,9,11,13-14H2,1-4H3/t22-/m1/s1. The highest BCUT2D eigenvalue weighted by molar-refractivity contribution is 7.10. The van der Waals surface area contributed by atoms with Gasteiger partial charge in [-0.1, -0.05) is 24.3 Å². The molecule has 28 heavy (non-hydrogen) atoms. The van der Waals surface area contributed by atoms with E-state index in [9.17, 15) is 9.59 Å². The molecule has 6 heteroatoms. The van der Waals surface area contributed by atoms with Gasteiger partial charge in [-0.25, -0.2) is 0 Å². The zero-order chi connectivity index (χ0) is 20.3. The summed E-state index contributed by atoms with van der Waals surface area (Å²) in [7, 11) is 1.50. The van der Waals surface area contributed by atoms with E-state index in [0.29, 0.717) is 6.54 Å². The fraction of sp³-hybridized carbons (Fsp3) is 0.455. The van der Waals surface area contributed by atoms with Crippen LogP contribution in [-0.4, -0.2) is 54.5 Å². The number of hydrogen-bond acceptors (Lipinski definition) is 4. The first-order chi connectivity index (χ1) is 13.4. The molecule has 0 aliphatic carbocycles. The largest absolute Gasteiger partial charge is 0.375 e. The highest BCUT2D eigenvalue weighted by atomic mass is 32.1. The third-order valence-electron chi connectivity index (χ3n) is 5.29. The average Bonchev–Trinajstić information content (AvgIpc) is 3.14. The number of ether oxygens (including phenoxy) is 1. The van der Waals surface area contributed by atoms with Crippen molar-refractivity contribution in [1.29, 1.82) is 0 Å². The van der Waals surface area contributed by atoms with Gasteiger partial charge in [0.2, 0.25) is 11.8 Å². The van der Waals surface area contributed by atoms with Crippen LogP contribution in [0.2, 0.25) is 0 Å². The number of fused-ring (bicyclic) bond motifs is 1. The van der Waals surface area contributed by atoms with Crippen LogP contribution >= 0.6 is 11.3 Å². The van der Waals surface area contributed by atoms with Gasteiger partial charge < -0.3 is 14.5 Å². The number of aryl methyl sites for hydroxylation is 1. The van der Waals surface area contributed by atoms with Gasteiger partial charge in [0.15, 0.2) is 0 Å². The van der Waals surface area contributed by atoms with E-state index in [-0.39, 0.29) is 37.0 Å². The lowest BCUT2D eigenvalue weighted by atomic mass is 9.90. The van der Waals surface area contributed by atoms with Crippen LogP contribution in [0.5, 0.6) is 0 Å². The molecule has 0 unspecified atom stereocenters. The molecule has 3 rings (SSSR count). The van der Waals surface area contributed by atoms with Crippen molar-refractivity contribution < 1.29 is 14.3 Å². The summed E-state index contributed by atoms with van der Waals surface area (Å²) in [5.41, 5.74) is 3.52. The second-order valence-corrected chi connectivity index (χ2v) is 8.44. The van der Waals surface area contributed by atoms with Gasteiger partial charge in [-0.3, -0.25) is 9.59 Å². The third kappa shape index (κ3) is 4.13. The van der Waals surface area contributed by atoms with E-state index in [4.69, 9.17) is 4.74 Å². The Kier molecular flexibility index (Phi) is 6.52. The molecule has 5 nitrogen and oxygen atoms in total. The maximum absolute atomic E-state index is 13.3. The number of carbonyl (C=O) groups is 2. The van der Waals surface area contributed by atoms with Gasteiger partial charge in [0.1, 0.15) is 13.2 Å². The molecular weight excluding hydrogens is 372 g/mol. The molecule has 0 bridgehead atoms. The molecule has 0 saturated heterocycles. The fourth-order valence-electron chi connectivity index (χ4n) is 3.82. The lowest BCUT2D eigenvalue weighted by Crippen LogP contribution is -2.49. The quantitative estimate of drug-likeness (QED) is 0.747. The zero-order valence-electron chi connectivity index (χ0n) is 17.0. The third-order valence-corrected chi connectivity index (χ3v) is 6.28. The van der Waals surface area contributed by atoms with E-state index in [0.717, 1.165) is 12.0 Å². The highest BCUT2D eigenvalue weighted by Crippen LogP contribution is 2.39. The maximum Gasteiger partial charge on any atom is 0.249 e. The van der Waals surface area contributed by atoms with Gasteiger partial charge in [0.25, 0.3) is 0 Å². The molecule has 1 aliphatic heterocycles. The van der Waals surface area contributed by atoms with Crippen molar-refractivity contribution in [2.45, 2.75) is 39.3 Å². The number of benzene rings is 1. The molecule has 1 aromatic carbocycles. The predicted octanol–water partition coefficient (Wildman–Crippen LogP) is 3.41. The molecule has 2 aromatic rings. The van der Waals surface area contributed by atoms with Crippen molar-refractivity contribution >= 4 is 23.2 Å². The first kappa shape index (κ1) is 20.6. The first-order valence-electron chi connectivity index (χ1n) is 9.63. The Hall–Kier alpha value is -2.18. The van der Waals surface area contributed by atoms with E-state index in [1.54, 1.807) is 16.2 Å². The summed E-state index contributed by atoms with van der Waals surface area (Å²) in [5, 5.41) is 2.10. The van der Waals surface area contributed by atoms with Crippen LogP contribution in [0, 0.1) is 6.92 Å². The molecule has 2 heterocycles. The average molecular weight is 401 g/mol. The molecule has 0 fully saturated rings. The summed E-state index contributed by atoms with van der Waals surface area (Å²) < 4.78 is 4.99. The Balaban J connectivity index is 1.92. The minimum Gasteiger partial charge on any atom is -0.375 e. The zero-order valence-corrected chi connectivity index (χ0v) is 17.8. The number of methoxy groups -OCH3 is 1. The number of nitrogens with zero attached hydrogens (tertiary/aromatic N) is 2. The Morgan fingerprint density at radius 1 is 1.25 bits per heavy atom.